The normalized spacial score (nSPS) is 23.1. The molecule has 102 valence electrons. The molecule has 4 nitrogen and oxygen atoms in total. The van der Waals surface area contributed by atoms with E-state index >= 15 is 0 Å². The van der Waals surface area contributed by atoms with Crippen molar-refractivity contribution < 1.29 is 9.53 Å². The van der Waals surface area contributed by atoms with E-state index in [-0.39, 0.29) is 11.9 Å². The molecular weight excluding hydrogens is 240 g/mol. The molecule has 1 atom stereocenters. The van der Waals surface area contributed by atoms with E-state index in [9.17, 15) is 4.79 Å². The molecule has 3 rings (SSSR count). The first-order valence-electron chi connectivity index (χ1n) is 7.00. The number of hydrogen-bond acceptors (Lipinski definition) is 3. The fraction of sp³-hybridized carbons (Fsp3) is 0.533. The van der Waals surface area contributed by atoms with Crippen molar-refractivity contribution >= 4 is 5.91 Å². The number of nitrogens with zero attached hydrogens (tertiary/aromatic N) is 1. The molecular formula is C15H20N2O2. The number of carbonyl (C=O) groups excluding carboxylic acids is 1. The summed E-state index contributed by atoms with van der Waals surface area (Å²) in [5.74, 6) is 0.128. The van der Waals surface area contributed by atoms with Gasteiger partial charge >= 0.3 is 0 Å². The summed E-state index contributed by atoms with van der Waals surface area (Å²) in [7, 11) is 0. The molecule has 1 aromatic rings. The average Bonchev–Trinajstić information content (AvgIpc) is 2.83. The number of benzene rings is 1. The summed E-state index contributed by atoms with van der Waals surface area (Å²) in [5, 5.41) is 3.16. The SMILES string of the molecule is O=C(CN1CCOCC1)NC1CCc2ccccc21. The first kappa shape index (κ1) is 12.6. The Morgan fingerprint density at radius 2 is 2.11 bits per heavy atom. The lowest BCUT2D eigenvalue weighted by Crippen LogP contribution is -2.43. The van der Waals surface area contributed by atoms with Gasteiger partial charge in [0.15, 0.2) is 0 Å². The van der Waals surface area contributed by atoms with Gasteiger partial charge in [0, 0.05) is 13.1 Å². The van der Waals surface area contributed by atoms with Gasteiger partial charge in [0.25, 0.3) is 0 Å². The van der Waals surface area contributed by atoms with E-state index in [0.29, 0.717) is 6.54 Å². The molecule has 0 bridgehead atoms. The first-order chi connectivity index (χ1) is 9.33. The van der Waals surface area contributed by atoms with Crippen LogP contribution in [0.3, 0.4) is 0 Å². The number of nitrogens with one attached hydrogen (secondary N) is 1. The van der Waals surface area contributed by atoms with E-state index in [2.05, 4.69) is 28.4 Å². The summed E-state index contributed by atoms with van der Waals surface area (Å²) < 4.78 is 5.29. The van der Waals surface area contributed by atoms with Gasteiger partial charge in [-0.2, -0.15) is 0 Å². The second kappa shape index (κ2) is 5.72. The lowest BCUT2D eigenvalue weighted by atomic mass is 10.1. The molecule has 2 aliphatic rings. The van der Waals surface area contributed by atoms with Gasteiger partial charge in [-0.3, -0.25) is 9.69 Å². The third kappa shape index (κ3) is 2.96. The average molecular weight is 260 g/mol. The smallest absolute Gasteiger partial charge is 0.234 e. The van der Waals surface area contributed by atoms with Crippen LogP contribution in [-0.4, -0.2) is 43.7 Å². The fourth-order valence-electron chi connectivity index (χ4n) is 2.91. The predicted molar refractivity (Wildman–Crippen MR) is 72.9 cm³/mol. The third-order valence-electron chi connectivity index (χ3n) is 3.94. The second-order valence-corrected chi connectivity index (χ2v) is 5.25. The molecule has 1 aromatic carbocycles. The number of carbonyl (C=O) groups is 1. The zero-order chi connectivity index (χ0) is 13.1. The first-order valence-corrected chi connectivity index (χ1v) is 7.00. The van der Waals surface area contributed by atoms with Crippen LogP contribution < -0.4 is 5.32 Å². The van der Waals surface area contributed by atoms with Crippen LogP contribution >= 0.6 is 0 Å². The molecule has 19 heavy (non-hydrogen) atoms. The highest BCUT2D eigenvalue weighted by Gasteiger charge is 2.24. The molecule has 0 radical (unpaired) electrons. The van der Waals surface area contributed by atoms with Crippen LogP contribution in [0.25, 0.3) is 0 Å². The molecule has 1 aliphatic heterocycles. The van der Waals surface area contributed by atoms with E-state index in [1.807, 2.05) is 6.07 Å². The van der Waals surface area contributed by atoms with Crippen molar-refractivity contribution in [3.05, 3.63) is 35.4 Å². The number of fused-ring (bicyclic) bond motifs is 1. The van der Waals surface area contributed by atoms with E-state index in [0.717, 1.165) is 39.1 Å². The zero-order valence-corrected chi connectivity index (χ0v) is 11.1. The Morgan fingerprint density at radius 1 is 1.32 bits per heavy atom. The van der Waals surface area contributed by atoms with E-state index < -0.39 is 0 Å². The number of hydrogen-bond donors (Lipinski definition) is 1. The Bertz CT molecular complexity index is 455. The van der Waals surface area contributed by atoms with Gasteiger partial charge in [0.05, 0.1) is 25.8 Å². The maximum absolute atomic E-state index is 12.1. The molecule has 1 aliphatic carbocycles. The Balaban J connectivity index is 1.55. The Kier molecular flexibility index (Phi) is 3.80. The van der Waals surface area contributed by atoms with Crippen LogP contribution in [0.5, 0.6) is 0 Å². The van der Waals surface area contributed by atoms with E-state index in [1.165, 1.54) is 11.1 Å². The van der Waals surface area contributed by atoms with Crippen LogP contribution in [0.15, 0.2) is 24.3 Å². The van der Waals surface area contributed by atoms with E-state index in [1.54, 1.807) is 0 Å². The molecule has 1 saturated heterocycles. The van der Waals surface area contributed by atoms with Gasteiger partial charge < -0.3 is 10.1 Å². The summed E-state index contributed by atoms with van der Waals surface area (Å²) >= 11 is 0. The molecule has 1 amide bonds. The molecule has 1 unspecified atom stereocenters. The molecule has 4 heteroatoms. The maximum atomic E-state index is 12.1. The zero-order valence-electron chi connectivity index (χ0n) is 11.1. The largest absolute Gasteiger partial charge is 0.379 e. The van der Waals surface area contributed by atoms with Crippen molar-refractivity contribution in [3.8, 4) is 0 Å². The van der Waals surface area contributed by atoms with Gasteiger partial charge in [0.2, 0.25) is 5.91 Å². The van der Waals surface area contributed by atoms with Gasteiger partial charge in [-0.15, -0.1) is 0 Å². The Morgan fingerprint density at radius 3 is 2.95 bits per heavy atom. The van der Waals surface area contributed by atoms with E-state index in [4.69, 9.17) is 4.74 Å². The van der Waals surface area contributed by atoms with Gasteiger partial charge in [-0.1, -0.05) is 24.3 Å². The minimum absolute atomic E-state index is 0.128. The van der Waals surface area contributed by atoms with Crippen molar-refractivity contribution in [2.75, 3.05) is 32.8 Å². The molecule has 0 saturated carbocycles. The Hall–Kier alpha value is -1.39. The van der Waals surface area contributed by atoms with Crippen molar-refractivity contribution in [2.45, 2.75) is 18.9 Å². The lowest BCUT2D eigenvalue weighted by Gasteiger charge is -2.26. The van der Waals surface area contributed by atoms with Crippen LogP contribution in [0.1, 0.15) is 23.6 Å². The fourth-order valence-corrected chi connectivity index (χ4v) is 2.91. The number of morpholine rings is 1. The van der Waals surface area contributed by atoms with Gasteiger partial charge in [-0.05, 0) is 24.0 Å². The summed E-state index contributed by atoms with van der Waals surface area (Å²) in [6, 6.07) is 8.60. The number of ether oxygens (including phenoxy) is 1. The quantitative estimate of drug-likeness (QED) is 0.885. The van der Waals surface area contributed by atoms with Crippen LogP contribution in [0, 0.1) is 0 Å². The molecule has 1 heterocycles. The minimum atomic E-state index is 0.128. The number of rotatable bonds is 3. The van der Waals surface area contributed by atoms with Gasteiger partial charge in [0.1, 0.15) is 0 Å². The topological polar surface area (TPSA) is 41.6 Å². The van der Waals surface area contributed by atoms with Gasteiger partial charge in [-0.25, -0.2) is 0 Å². The van der Waals surface area contributed by atoms with Crippen molar-refractivity contribution in [3.63, 3.8) is 0 Å². The summed E-state index contributed by atoms with van der Waals surface area (Å²) in [5.41, 5.74) is 2.66. The minimum Gasteiger partial charge on any atom is -0.379 e. The van der Waals surface area contributed by atoms with Crippen LogP contribution in [0.4, 0.5) is 0 Å². The monoisotopic (exact) mass is 260 g/mol. The predicted octanol–water partition coefficient (Wildman–Crippen LogP) is 1.12. The summed E-state index contributed by atoms with van der Waals surface area (Å²) in [4.78, 5) is 14.2. The number of amides is 1. The van der Waals surface area contributed by atoms with Crippen LogP contribution in [-0.2, 0) is 16.0 Å². The molecule has 1 N–H and O–H groups in total. The highest BCUT2D eigenvalue weighted by molar-refractivity contribution is 5.78. The lowest BCUT2D eigenvalue weighted by molar-refractivity contribution is -0.124. The molecule has 0 spiro atoms. The second-order valence-electron chi connectivity index (χ2n) is 5.25. The third-order valence-corrected chi connectivity index (χ3v) is 3.94. The summed E-state index contributed by atoms with van der Waals surface area (Å²) in [6.07, 6.45) is 2.09. The summed E-state index contributed by atoms with van der Waals surface area (Å²) in [6.45, 7) is 3.67. The van der Waals surface area contributed by atoms with Crippen molar-refractivity contribution in [2.24, 2.45) is 0 Å². The highest BCUT2D eigenvalue weighted by atomic mass is 16.5. The number of aryl methyl sites for hydroxylation is 1. The molecule has 1 fully saturated rings. The van der Waals surface area contributed by atoms with Crippen LogP contribution in [0.2, 0.25) is 0 Å². The maximum Gasteiger partial charge on any atom is 0.234 e. The molecule has 0 aromatic heterocycles. The Labute approximate surface area is 113 Å². The highest BCUT2D eigenvalue weighted by Crippen LogP contribution is 2.30. The standard InChI is InChI=1S/C15H20N2O2/c18-15(11-17-7-9-19-10-8-17)16-14-6-5-12-3-1-2-4-13(12)14/h1-4,14H,5-11H2,(H,16,18). The van der Waals surface area contributed by atoms with Crippen molar-refractivity contribution in [1.29, 1.82) is 0 Å². The van der Waals surface area contributed by atoms with Crippen molar-refractivity contribution in [1.82, 2.24) is 10.2 Å².